The predicted molar refractivity (Wildman–Crippen MR) is 87.7 cm³/mol. The smallest absolute Gasteiger partial charge is 0.334 e. The summed E-state index contributed by atoms with van der Waals surface area (Å²) >= 11 is 0. The maximum absolute atomic E-state index is 12.7. The van der Waals surface area contributed by atoms with Gasteiger partial charge >= 0.3 is 6.18 Å². The van der Waals surface area contributed by atoms with Crippen molar-refractivity contribution in [2.24, 2.45) is 0 Å². The van der Waals surface area contributed by atoms with Crippen LogP contribution in [0.5, 0.6) is 0 Å². The molecular formula is C16H14F3N3O2S. The molecule has 0 unspecified atom stereocenters. The molecule has 0 bridgehead atoms. The molecule has 0 fully saturated rings. The van der Waals surface area contributed by atoms with Gasteiger partial charge in [0, 0.05) is 0 Å². The summed E-state index contributed by atoms with van der Waals surface area (Å²) in [5.41, 5.74) is 1.33. The van der Waals surface area contributed by atoms with E-state index in [-0.39, 0.29) is 21.6 Å². The van der Waals surface area contributed by atoms with Gasteiger partial charge in [0.2, 0.25) is 5.82 Å². The number of aromatic amines is 1. The second kappa shape index (κ2) is 6.07. The number of sulfonamides is 1. The minimum atomic E-state index is -4.60. The molecular weight excluding hydrogens is 355 g/mol. The van der Waals surface area contributed by atoms with Crippen LogP contribution < -0.4 is 4.72 Å². The summed E-state index contributed by atoms with van der Waals surface area (Å²) in [4.78, 5) is 5.66. The molecule has 25 heavy (non-hydrogen) atoms. The van der Waals surface area contributed by atoms with Gasteiger partial charge in [0.1, 0.15) is 0 Å². The summed E-state index contributed by atoms with van der Waals surface area (Å²) in [6.07, 6.45) is -3.81. The maximum Gasteiger partial charge on any atom is 0.449 e. The number of fused-ring (bicyclic) bond motifs is 1. The highest BCUT2D eigenvalue weighted by atomic mass is 32.2. The molecule has 9 heteroatoms. The number of alkyl halides is 3. The van der Waals surface area contributed by atoms with Crippen molar-refractivity contribution < 1.29 is 21.6 Å². The van der Waals surface area contributed by atoms with Crippen LogP contribution in [0.15, 0.2) is 47.4 Å². The summed E-state index contributed by atoms with van der Waals surface area (Å²) in [6, 6.07) is 10.3. The van der Waals surface area contributed by atoms with Gasteiger partial charge in [-0.1, -0.05) is 19.1 Å². The molecule has 0 saturated carbocycles. The molecule has 3 aromatic rings. The molecule has 1 heterocycles. The molecule has 5 nitrogen and oxygen atoms in total. The Hall–Kier alpha value is -2.55. The molecule has 0 aliphatic carbocycles. The van der Waals surface area contributed by atoms with E-state index < -0.39 is 22.0 Å². The van der Waals surface area contributed by atoms with Gasteiger partial charge in [-0.3, -0.25) is 4.72 Å². The van der Waals surface area contributed by atoms with Crippen molar-refractivity contribution in [2.75, 3.05) is 4.72 Å². The molecule has 2 aromatic carbocycles. The van der Waals surface area contributed by atoms with Crippen LogP contribution in [0.2, 0.25) is 0 Å². The first-order valence-electron chi connectivity index (χ1n) is 7.38. The van der Waals surface area contributed by atoms with Crippen molar-refractivity contribution in [3.63, 3.8) is 0 Å². The Kier molecular flexibility index (Phi) is 4.19. The zero-order valence-corrected chi connectivity index (χ0v) is 13.9. The number of hydrogen-bond acceptors (Lipinski definition) is 3. The fraction of sp³-hybridized carbons (Fsp3) is 0.188. The van der Waals surface area contributed by atoms with E-state index in [9.17, 15) is 21.6 Å². The van der Waals surface area contributed by atoms with E-state index in [4.69, 9.17) is 0 Å². The fourth-order valence-electron chi connectivity index (χ4n) is 2.33. The monoisotopic (exact) mass is 369 g/mol. The van der Waals surface area contributed by atoms with E-state index in [0.29, 0.717) is 0 Å². The number of imidazole rings is 1. The Balaban J connectivity index is 1.90. The zero-order valence-electron chi connectivity index (χ0n) is 13.1. The molecule has 0 radical (unpaired) electrons. The highest BCUT2D eigenvalue weighted by Crippen LogP contribution is 2.29. The summed E-state index contributed by atoms with van der Waals surface area (Å²) in [5, 5.41) is 0. The summed E-state index contributed by atoms with van der Waals surface area (Å²) in [6.45, 7) is 1.95. The number of hydrogen-bond donors (Lipinski definition) is 2. The van der Waals surface area contributed by atoms with Gasteiger partial charge in [0.15, 0.2) is 0 Å². The first-order chi connectivity index (χ1) is 11.7. The molecule has 0 atom stereocenters. The third kappa shape index (κ3) is 3.60. The molecule has 2 N–H and O–H groups in total. The molecule has 3 rings (SSSR count). The lowest BCUT2D eigenvalue weighted by Gasteiger charge is -2.08. The van der Waals surface area contributed by atoms with Gasteiger partial charge in [0.05, 0.1) is 21.6 Å². The third-order valence-electron chi connectivity index (χ3n) is 3.64. The number of benzene rings is 2. The average molecular weight is 369 g/mol. The Morgan fingerprint density at radius 1 is 1.12 bits per heavy atom. The summed E-state index contributed by atoms with van der Waals surface area (Å²) < 4.78 is 65.2. The fourth-order valence-corrected chi connectivity index (χ4v) is 3.38. The van der Waals surface area contributed by atoms with E-state index in [1.807, 2.05) is 6.92 Å². The highest BCUT2D eigenvalue weighted by molar-refractivity contribution is 7.92. The lowest BCUT2D eigenvalue weighted by Crippen LogP contribution is -2.12. The van der Waals surface area contributed by atoms with Gasteiger partial charge < -0.3 is 4.98 Å². The second-order valence-electron chi connectivity index (χ2n) is 5.42. The van der Waals surface area contributed by atoms with Crippen molar-refractivity contribution in [2.45, 2.75) is 24.4 Å². The third-order valence-corrected chi connectivity index (χ3v) is 5.04. The Morgan fingerprint density at radius 2 is 1.80 bits per heavy atom. The number of nitrogens with zero attached hydrogens (tertiary/aromatic N) is 1. The van der Waals surface area contributed by atoms with Gasteiger partial charge in [-0.25, -0.2) is 13.4 Å². The number of rotatable bonds is 4. The molecule has 0 amide bonds. The van der Waals surface area contributed by atoms with Crippen LogP contribution >= 0.6 is 0 Å². The minimum Gasteiger partial charge on any atom is -0.334 e. The highest BCUT2D eigenvalue weighted by Gasteiger charge is 2.34. The second-order valence-corrected chi connectivity index (χ2v) is 7.10. The summed E-state index contributed by atoms with van der Waals surface area (Å²) in [7, 11) is -3.84. The molecule has 0 saturated heterocycles. The number of anilines is 1. The normalized spacial score (nSPS) is 12.5. The predicted octanol–water partition coefficient (Wildman–Crippen LogP) is 3.94. The molecule has 0 aliphatic rings. The summed E-state index contributed by atoms with van der Waals surface area (Å²) in [5.74, 6) is -1.13. The van der Waals surface area contributed by atoms with E-state index >= 15 is 0 Å². The number of halogens is 3. The average Bonchev–Trinajstić information content (AvgIpc) is 2.98. The number of H-pyrrole nitrogens is 1. The molecule has 132 valence electrons. The Labute approximate surface area is 142 Å². The SMILES string of the molecule is CCc1ccc(S(=O)(=O)Nc2ccc3nc(C(F)(F)F)[nH]c3c2)cc1. The standard InChI is InChI=1S/C16H14F3N3O2S/c1-2-10-3-6-12(7-4-10)25(23,24)22-11-5-8-13-14(9-11)21-15(20-13)16(17,18)19/h3-9,22H,2H2,1H3,(H,20,21). The van der Waals surface area contributed by atoms with Crippen molar-refractivity contribution in [3.8, 4) is 0 Å². The largest absolute Gasteiger partial charge is 0.449 e. The van der Waals surface area contributed by atoms with Crippen LogP contribution in [0.4, 0.5) is 18.9 Å². The van der Waals surface area contributed by atoms with Crippen LogP contribution in [-0.2, 0) is 22.6 Å². The van der Waals surface area contributed by atoms with Crippen molar-refractivity contribution in [1.82, 2.24) is 9.97 Å². The Bertz CT molecular complexity index is 1010. The van der Waals surface area contributed by atoms with Gasteiger partial charge in [-0.15, -0.1) is 0 Å². The number of nitrogens with one attached hydrogen (secondary N) is 2. The quantitative estimate of drug-likeness (QED) is 0.731. The van der Waals surface area contributed by atoms with Crippen LogP contribution in [0, 0.1) is 0 Å². The van der Waals surface area contributed by atoms with Crippen LogP contribution in [0.1, 0.15) is 18.3 Å². The van der Waals surface area contributed by atoms with Crippen LogP contribution in [-0.4, -0.2) is 18.4 Å². The molecule has 0 spiro atoms. The van der Waals surface area contributed by atoms with Crippen molar-refractivity contribution in [3.05, 3.63) is 53.9 Å². The molecule has 0 aliphatic heterocycles. The number of aromatic nitrogens is 2. The van der Waals surface area contributed by atoms with Crippen LogP contribution in [0.25, 0.3) is 11.0 Å². The van der Waals surface area contributed by atoms with Gasteiger partial charge in [-0.05, 0) is 42.3 Å². The zero-order chi connectivity index (χ0) is 18.2. The van der Waals surface area contributed by atoms with E-state index in [1.54, 1.807) is 12.1 Å². The van der Waals surface area contributed by atoms with Gasteiger partial charge in [0.25, 0.3) is 10.0 Å². The topological polar surface area (TPSA) is 74.8 Å². The van der Waals surface area contributed by atoms with Crippen LogP contribution in [0.3, 0.4) is 0 Å². The van der Waals surface area contributed by atoms with Crippen molar-refractivity contribution >= 4 is 26.7 Å². The lowest BCUT2D eigenvalue weighted by atomic mass is 10.2. The van der Waals surface area contributed by atoms with Gasteiger partial charge in [-0.2, -0.15) is 13.2 Å². The first-order valence-corrected chi connectivity index (χ1v) is 8.86. The molecule has 1 aromatic heterocycles. The van der Waals surface area contributed by atoms with E-state index in [1.165, 1.54) is 30.3 Å². The van der Waals surface area contributed by atoms with E-state index in [0.717, 1.165) is 12.0 Å². The van der Waals surface area contributed by atoms with E-state index in [2.05, 4.69) is 14.7 Å². The first kappa shape index (κ1) is 17.3. The van der Waals surface area contributed by atoms with Crippen molar-refractivity contribution in [1.29, 1.82) is 0 Å². The maximum atomic E-state index is 12.7. The number of aryl methyl sites for hydroxylation is 1. The Morgan fingerprint density at radius 3 is 2.40 bits per heavy atom. The lowest BCUT2D eigenvalue weighted by molar-refractivity contribution is -0.144. The minimum absolute atomic E-state index is 0.0744.